The molecule has 2 aliphatic rings. The number of aromatic nitrogens is 3. The highest BCUT2D eigenvalue weighted by molar-refractivity contribution is 6.30. The van der Waals surface area contributed by atoms with Crippen LogP contribution in [-0.4, -0.2) is 73.0 Å². The molecule has 9 nitrogen and oxygen atoms in total. The number of nitrogens with zero attached hydrogens (tertiary/aromatic N) is 5. The highest BCUT2D eigenvalue weighted by atomic mass is 35.5. The van der Waals surface area contributed by atoms with E-state index in [0.29, 0.717) is 42.7 Å². The van der Waals surface area contributed by atoms with Crippen LogP contribution in [-0.2, 0) is 4.74 Å². The Balaban J connectivity index is 1.40. The maximum atomic E-state index is 13.7. The van der Waals surface area contributed by atoms with Crippen LogP contribution in [0.3, 0.4) is 0 Å². The van der Waals surface area contributed by atoms with Gasteiger partial charge in [-0.15, -0.1) is 0 Å². The van der Waals surface area contributed by atoms with Gasteiger partial charge in [0.25, 0.3) is 5.91 Å². The number of carbonyl (C=O) groups is 1. The van der Waals surface area contributed by atoms with Gasteiger partial charge < -0.3 is 25.2 Å². The molecule has 2 N–H and O–H groups in total. The molecule has 2 fully saturated rings. The number of amides is 1. The van der Waals surface area contributed by atoms with Crippen molar-refractivity contribution >= 4 is 40.3 Å². The lowest BCUT2D eigenvalue weighted by molar-refractivity contribution is 0.102. The topological polar surface area (TPSA) is 87.0 Å². The second-order valence-corrected chi connectivity index (χ2v) is 9.55. The van der Waals surface area contributed by atoms with Crippen LogP contribution in [0.1, 0.15) is 10.5 Å². The molecule has 0 bridgehead atoms. The first-order valence-electron chi connectivity index (χ1n) is 12.5. The van der Waals surface area contributed by atoms with E-state index in [1.54, 1.807) is 10.7 Å². The van der Waals surface area contributed by atoms with Gasteiger partial charge in [0.15, 0.2) is 5.65 Å². The van der Waals surface area contributed by atoms with Crippen LogP contribution in [0, 0.1) is 0 Å². The van der Waals surface area contributed by atoms with Crippen molar-refractivity contribution in [1.29, 1.82) is 0 Å². The minimum Gasteiger partial charge on any atom is -0.378 e. The maximum Gasteiger partial charge on any atom is 0.274 e. The summed E-state index contributed by atoms with van der Waals surface area (Å²) < 4.78 is 7.36. The normalized spacial score (nSPS) is 16.2. The summed E-state index contributed by atoms with van der Waals surface area (Å²) in [5.41, 5.74) is 4.42. The molecule has 37 heavy (non-hydrogen) atoms. The summed E-state index contributed by atoms with van der Waals surface area (Å²) in [4.78, 5) is 22.9. The summed E-state index contributed by atoms with van der Waals surface area (Å²) in [6.45, 7) is 6.25. The average Bonchev–Trinajstić information content (AvgIpc) is 3.38. The van der Waals surface area contributed by atoms with Gasteiger partial charge in [-0.05, 0) is 29.8 Å². The minimum atomic E-state index is -0.266. The summed E-state index contributed by atoms with van der Waals surface area (Å²) in [7, 11) is 0. The highest BCUT2D eigenvalue weighted by Gasteiger charge is 2.23. The fourth-order valence-corrected chi connectivity index (χ4v) is 5.08. The van der Waals surface area contributed by atoms with E-state index in [0.717, 1.165) is 54.5 Å². The Bertz CT molecular complexity index is 1430. The molecule has 0 spiro atoms. The Morgan fingerprint density at radius 3 is 2.59 bits per heavy atom. The summed E-state index contributed by atoms with van der Waals surface area (Å²) in [6.07, 6.45) is 1.78. The van der Waals surface area contributed by atoms with Gasteiger partial charge in [0.05, 0.1) is 30.8 Å². The first-order chi connectivity index (χ1) is 18.2. The lowest BCUT2D eigenvalue weighted by Crippen LogP contribution is -2.43. The first-order valence-corrected chi connectivity index (χ1v) is 12.9. The van der Waals surface area contributed by atoms with Gasteiger partial charge in [-0.2, -0.15) is 9.61 Å². The van der Waals surface area contributed by atoms with Crippen LogP contribution in [0.5, 0.6) is 0 Å². The number of hydrogen-bond acceptors (Lipinski definition) is 7. The van der Waals surface area contributed by atoms with Crippen LogP contribution in [0.25, 0.3) is 16.8 Å². The highest BCUT2D eigenvalue weighted by Crippen LogP contribution is 2.30. The molecule has 4 aromatic rings. The van der Waals surface area contributed by atoms with Crippen molar-refractivity contribution in [3.05, 3.63) is 71.5 Å². The zero-order chi connectivity index (χ0) is 25.2. The monoisotopic (exact) mass is 517 g/mol. The number of para-hydroxylation sites is 2. The number of anilines is 3. The Labute approximate surface area is 220 Å². The number of halogens is 1. The van der Waals surface area contributed by atoms with Gasteiger partial charge >= 0.3 is 0 Å². The third-order valence-corrected chi connectivity index (χ3v) is 7.00. The van der Waals surface area contributed by atoms with Gasteiger partial charge in [0, 0.05) is 55.9 Å². The largest absolute Gasteiger partial charge is 0.378 e. The summed E-state index contributed by atoms with van der Waals surface area (Å²) in [6, 6.07) is 17.3. The molecule has 0 unspecified atom stereocenters. The van der Waals surface area contributed by atoms with E-state index < -0.39 is 0 Å². The Morgan fingerprint density at radius 2 is 1.78 bits per heavy atom. The Kier molecular flexibility index (Phi) is 6.65. The van der Waals surface area contributed by atoms with Gasteiger partial charge in [-0.25, -0.2) is 4.98 Å². The Hall–Kier alpha value is -3.66. The number of ether oxygens (including phenoxy) is 1. The van der Waals surface area contributed by atoms with Crippen molar-refractivity contribution in [2.75, 3.05) is 67.6 Å². The predicted molar refractivity (Wildman–Crippen MR) is 146 cm³/mol. The molecule has 1 amide bonds. The van der Waals surface area contributed by atoms with Gasteiger partial charge in [0.1, 0.15) is 11.5 Å². The molecule has 2 saturated heterocycles. The quantitative estimate of drug-likeness (QED) is 0.418. The molecule has 0 radical (unpaired) electrons. The number of fused-ring (bicyclic) bond motifs is 1. The van der Waals surface area contributed by atoms with Crippen LogP contribution in [0.4, 0.5) is 17.2 Å². The van der Waals surface area contributed by atoms with E-state index in [2.05, 4.69) is 25.5 Å². The molecule has 10 heteroatoms. The second kappa shape index (κ2) is 10.4. The van der Waals surface area contributed by atoms with E-state index in [-0.39, 0.29) is 5.91 Å². The van der Waals surface area contributed by atoms with Crippen molar-refractivity contribution in [3.63, 3.8) is 0 Å². The molecule has 4 heterocycles. The minimum absolute atomic E-state index is 0.266. The van der Waals surface area contributed by atoms with Crippen molar-refractivity contribution in [2.24, 2.45) is 0 Å². The van der Waals surface area contributed by atoms with E-state index >= 15 is 0 Å². The lowest BCUT2D eigenvalue weighted by atomic mass is 10.1. The Morgan fingerprint density at radius 1 is 0.973 bits per heavy atom. The van der Waals surface area contributed by atoms with Crippen molar-refractivity contribution < 1.29 is 9.53 Å². The SMILES string of the molecule is O=C(Nc1ccccc1N1CCNCC1)c1cc(N2CCOCC2)n2ncc(-c3cccc(Cl)c3)c2n1. The molecule has 0 aliphatic carbocycles. The third-order valence-electron chi connectivity index (χ3n) is 6.77. The number of piperazine rings is 1. The molecule has 2 aromatic heterocycles. The molecule has 190 valence electrons. The molecule has 2 aliphatic heterocycles. The number of benzene rings is 2. The van der Waals surface area contributed by atoms with Gasteiger partial charge in [-0.3, -0.25) is 4.79 Å². The van der Waals surface area contributed by atoms with Crippen molar-refractivity contribution in [2.45, 2.75) is 0 Å². The first kappa shape index (κ1) is 23.7. The average molecular weight is 518 g/mol. The maximum absolute atomic E-state index is 13.7. The number of carbonyl (C=O) groups excluding carboxylic acids is 1. The molecular formula is C27H28ClN7O2. The molecule has 0 atom stereocenters. The van der Waals surface area contributed by atoms with Crippen LogP contribution < -0.4 is 20.4 Å². The van der Waals surface area contributed by atoms with Crippen molar-refractivity contribution in [1.82, 2.24) is 19.9 Å². The van der Waals surface area contributed by atoms with Gasteiger partial charge in [-0.1, -0.05) is 35.9 Å². The predicted octanol–water partition coefficient (Wildman–Crippen LogP) is 3.55. The summed E-state index contributed by atoms with van der Waals surface area (Å²) >= 11 is 6.28. The fourth-order valence-electron chi connectivity index (χ4n) is 4.89. The fraction of sp³-hybridized carbons (Fsp3) is 0.296. The smallest absolute Gasteiger partial charge is 0.274 e. The summed E-state index contributed by atoms with van der Waals surface area (Å²) in [5, 5.41) is 11.8. The molecule has 6 rings (SSSR count). The van der Waals surface area contributed by atoms with Crippen LogP contribution >= 0.6 is 11.6 Å². The van der Waals surface area contributed by atoms with E-state index in [9.17, 15) is 4.79 Å². The second-order valence-electron chi connectivity index (χ2n) is 9.11. The van der Waals surface area contributed by atoms with E-state index in [1.807, 2.05) is 54.6 Å². The van der Waals surface area contributed by atoms with Crippen LogP contribution in [0.2, 0.25) is 5.02 Å². The third kappa shape index (κ3) is 4.85. The van der Waals surface area contributed by atoms with Crippen LogP contribution in [0.15, 0.2) is 60.8 Å². The lowest BCUT2D eigenvalue weighted by Gasteiger charge is -2.31. The number of rotatable bonds is 5. The molecular weight excluding hydrogens is 490 g/mol. The molecule has 0 saturated carbocycles. The van der Waals surface area contributed by atoms with Crippen molar-refractivity contribution in [3.8, 4) is 11.1 Å². The standard InChI is InChI=1S/C27H28ClN7O2/c28-20-5-3-4-19(16-20)21-18-30-35-25(34-12-14-37-15-13-34)17-23(31-26(21)35)27(36)32-22-6-1-2-7-24(22)33-10-8-29-9-11-33/h1-7,16-18,29H,8-15H2,(H,32,36). The summed E-state index contributed by atoms with van der Waals surface area (Å²) in [5.74, 6) is 0.542. The number of hydrogen-bond donors (Lipinski definition) is 2. The van der Waals surface area contributed by atoms with E-state index in [1.165, 1.54) is 0 Å². The van der Waals surface area contributed by atoms with E-state index in [4.69, 9.17) is 21.3 Å². The number of morpholine rings is 1. The molecule has 2 aromatic carbocycles. The zero-order valence-corrected chi connectivity index (χ0v) is 21.1. The zero-order valence-electron chi connectivity index (χ0n) is 20.4. The van der Waals surface area contributed by atoms with Gasteiger partial charge in [0.2, 0.25) is 0 Å². The number of nitrogens with one attached hydrogen (secondary N) is 2.